The number of hydrogen-bond donors (Lipinski definition) is 0. The van der Waals surface area contributed by atoms with Crippen LogP contribution in [0, 0.1) is 23.4 Å². The Bertz CT molecular complexity index is 1150. The first kappa shape index (κ1) is 23.5. The minimum atomic E-state index is -5.23. The number of benzene rings is 3. The lowest BCUT2D eigenvalue weighted by atomic mass is 9.77. The molecule has 0 spiro atoms. The molecule has 0 aromatic heterocycles. The van der Waals surface area contributed by atoms with Gasteiger partial charge >= 0.3 is 6.36 Å². The average molecular weight is 466 g/mol. The molecule has 7 heteroatoms. The van der Waals surface area contributed by atoms with E-state index in [1.807, 2.05) is 6.07 Å². The summed E-state index contributed by atoms with van der Waals surface area (Å²) in [6.07, 6.45) is 1.52. The molecule has 4 rings (SSSR count). The number of alkyl halides is 3. The minimum Gasteiger partial charge on any atom is -0.399 e. The molecule has 33 heavy (non-hydrogen) atoms. The van der Waals surface area contributed by atoms with Gasteiger partial charge in [-0.25, -0.2) is 13.2 Å². The van der Waals surface area contributed by atoms with Crippen molar-refractivity contribution in [3.63, 3.8) is 0 Å². The van der Waals surface area contributed by atoms with Crippen molar-refractivity contribution >= 4 is 10.8 Å². The van der Waals surface area contributed by atoms with Crippen LogP contribution in [-0.2, 0) is 0 Å². The van der Waals surface area contributed by atoms with E-state index in [0.717, 1.165) is 43.2 Å². The van der Waals surface area contributed by atoms with Gasteiger partial charge < -0.3 is 4.74 Å². The highest BCUT2D eigenvalue weighted by Gasteiger charge is 2.34. The second kappa shape index (κ2) is 9.27. The Kier molecular flexibility index (Phi) is 6.59. The van der Waals surface area contributed by atoms with Gasteiger partial charge in [0.25, 0.3) is 0 Å². The van der Waals surface area contributed by atoms with Gasteiger partial charge in [0.2, 0.25) is 5.75 Å². The molecule has 1 saturated carbocycles. The number of halogens is 6. The number of fused-ring (bicyclic) bond motifs is 1. The molecule has 1 aliphatic carbocycles. The molecular formula is C26H24F6O. The molecule has 0 bridgehead atoms. The quantitative estimate of drug-likeness (QED) is 0.341. The molecule has 0 saturated heterocycles. The summed E-state index contributed by atoms with van der Waals surface area (Å²) >= 11 is 0. The maximum absolute atomic E-state index is 15.0. The molecule has 3 aromatic rings. The monoisotopic (exact) mass is 466 g/mol. The summed E-state index contributed by atoms with van der Waals surface area (Å²) in [6.45, 7) is 2.19. The molecule has 0 aliphatic heterocycles. The third-order valence-electron chi connectivity index (χ3n) is 6.52. The second-order valence-electron chi connectivity index (χ2n) is 8.73. The summed E-state index contributed by atoms with van der Waals surface area (Å²) in [7, 11) is 0. The zero-order chi connectivity index (χ0) is 23.8. The molecule has 1 fully saturated rings. The van der Waals surface area contributed by atoms with Gasteiger partial charge in [-0.1, -0.05) is 44.0 Å². The van der Waals surface area contributed by atoms with E-state index >= 15 is 4.39 Å². The highest BCUT2D eigenvalue weighted by atomic mass is 19.4. The van der Waals surface area contributed by atoms with Gasteiger partial charge in [-0.15, -0.1) is 13.2 Å². The van der Waals surface area contributed by atoms with Crippen LogP contribution in [0.25, 0.3) is 21.9 Å². The molecule has 0 unspecified atom stereocenters. The molecule has 0 radical (unpaired) electrons. The Balaban J connectivity index is 1.61. The van der Waals surface area contributed by atoms with Crippen LogP contribution >= 0.6 is 0 Å². The molecule has 1 aliphatic rings. The summed E-state index contributed by atoms with van der Waals surface area (Å²) < 4.78 is 84.4. The molecule has 176 valence electrons. The average Bonchev–Trinajstić information content (AvgIpc) is 2.76. The van der Waals surface area contributed by atoms with Crippen LogP contribution in [-0.4, -0.2) is 6.36 Å². The predicted octanol–water partition coefficient (Wildman–Crippen LogP) is 8.90. The Hall–Kier alpha value is -2.70. The maximum atomic E-state index is 15.0. The van der Waals surface area contributed by atoms with Crippen molar-refractivity contribution in [2.24, 2.45) is 5.92 Å². The van der Waals surface area contributed by atoms with Crippen molar-refractivity contribution in [2.75, 3.05) is 0 Å². The van der Waals surface area contributed by atoms with Crippen LogP contribution in [0.4, 0.5) is 26.3 Å². The standard InChI is InChI=1S/C26H24F6O/c1-2-3-15-4-6-16(7-5-15)17-8-10-20(22(27)13-17)18-9-11-21-19(12-18)14-23(28)25(24(21)29)33-26(30,31)32/h8-16H,2-7H2,1H3/t15-,16-. The van der Waals surface area contributed by atoms with Crippen molar-refractivity contribution < 1.29 is 31.1 Å². The Morgan fingerprint density at radius 3 is 2.24 bits per heavy atom. The molecular weight excluding hydrogens is 442 g/mol. The van der Waals surface area contributed by atoms with E-state index in [0.29, 0.717) is 11.5 Å². The zero-order valence-electron chi connectivity index (χ0n) is 18.1. The van der Waals surface area contributed by atoms with E-state index in [-0.39, 0.29) is 16.3 Å². The maximum Gasteiger partial charge on any atom is 0.573 e. The van der Waals surface area contributed by atoms with Crippen LogP contribution in [0.3, 0.4) is 0 Å². The third kappa shape index (κ3) is 5.12. The van der Waals surface area contributed by atoms with Gasteiger partial charge in [0.15, 0.2) is 11.6 Å². The molecule has 0 N–H and O–H groups in total. The van der Waals surface area contributed by atoms with Crippen LogP contribution in [0.5, 0.6) is 5.75 Å². The highest BCUT2D eigenvalue weighted by Crippen LogP contribution is 2.39. The smallest absolute Gasteiger partial charge is 0.399 e. The van der Waals surface area contributed by atoms with Crippen molar-refractivity contribution in [1.29, 1.82) is 0 Å². The first-order valence-electron chi connectivity index (χ1n) is 11.1. The summed E-state index contributed by atoms with van der Waals surface area (Å²) in [5, 5.41) is -0.241. The fraction of sp³-hybridized carbons (Fsp3) is 0.385. The van der Waals surface area contributed by atoms with Gasteiger partial charge in [-0.3, -0.25) is 0 Å². The normalized spacial score (nSPS) is 19.1. The highest BCUT2D eigenvalue weighted by molar-refractivity contribution is 5.89. The van der Waals surface area contributed by atoms with Crippen LogP contribution in [0.15, 0.2) is 42.5 Å². The zero-order valence-corrected chi connectivity index (χ0v) is 18.1. The van der Waals surface area contributed by atoms with Gasteiger partial charge in [0.05, 0.1) is 0 Å². The third-order valence-corrected chi connectivity index (χ3v) is 6.52. The van der Waals surface area contributed by atoms with E-state index in [4.69, 9.17) is 0 Å². The van der Waals surface area contributed by atoms with Crippen molar-refractivity contribution in [2.45, 2.75) is 57.7 Å². The summed E-state index contributed by atoms with van der Waals surface area (Å²) in [4.78, 5) is 0. The van der Waals surface area contributed by atoms with Crippen LogP contribution in [0.2, 0.25) is 0 Å². The SMILES string of the molecule is CCC[C@H]1CC[C@H](c2ccc(-c3ccc4c(F)c(OC(F)(F)F)c(F)cc4c3)c(F)c2)CC1. The van der Waals surface area contributed by atoms with E-state index < -0.39 is 29.6 Å². The first-order chi connectivity index (χ1) is 15.7. The van der Waals surface area contributed by atoms with Crippen molar-refractivity contribution in [1.82, 2.24) is 0 Å². The number of ether oxygens (including phenoxy) is 1. The Labute approximate surface area is 188 Å². The summed E-state index contributed by atoms with van der Waals surface area (Å²) in [5.74, 6) is -3.83. The fourth-order valence-corrected chi connectivity index (χ4v) is 4.90. The molecule has 0 atom stereocenters. The molecule has 3 aromatic carbocycles. The van der Waals surface area contributed by atoms with E-state index in [2.05, 4.69) is 11.7 Å². The lowest BCUT2D eigenvalue weighted by Crippen LogP contribution is -2.19. The van der Waals surface area contributed by atoms with Gasteiger partial charge in [-0.05, 0) is 72.2 Å². The number of hydrogen-bond acceptors (Lipinski definition) is 1. The Morgan fingerprint density at radius 1 is 0.879 bits per heavy atom. The van der Waals surface area contributed by atoms with E-state index in [1.165, 1.54) is 37.1 Å². The topological polar surface area (TPSA) is 9.23 Å². The lowest BCUT2D eigenvalue weighted by Gasteiger charge is -2.28. The van der Waals surface area contributed by atoms with E-state index in [9.17, 15) is 22.0 Å². The van der Waals surface area contributed by atoms with E-state index in [1.54, 1.807) is 6.07 Å². The minimum absolute atomic E-state index is 0.00903. The molecule has 0 amide bonds. The van der Waals surface area contributed by atoms with Crippen molar-refractivity contribution in [3.05, 3.63) is 65.5 Å². The van der Waals surface area contributed by atoms with Gasteiger partial charge in [0, 0.05) is 10.9 Å². The van der Waals surface area contributed by atoms with Crippen LogP contribution < -0.4 is 4.74 Å². The molecule has 1 nitrogen and oxygen atoms in total. The molecule has 0 heterocycles. The van der Waals surface area contributed by atoms with Gasteiger partial charge in [0.1, 0.15) is 5.82 Å². The predicted molar refractivity (Wildman–Crippen MR) is 116 cm³/mol. The van der Waals surface area contributed by atoms with Crippen LogP contribution in [0.1, 0.15) is 56.9 Å². The fourth-order valence-electron chi connectivity index (χ4n) is 4.90. The van der Waals surface area contributed by atoms with Gasteiger partial charge in [-0.2, -0.15) is 0 Å². The summed E-state index contributed by atoms with van der Waals surface area (Å²) in [6, 6.07) is 9.76. The first-order valence-corrected chi connectivity index (χ1v) is 11.1. The number of rotatable bonds is 5. The lowest BCUT2D eigenvalue weighted by molar-refractivity contribution is -0.276. The largest absolute Gasteiger partial charge is 0.573 e. The van der Waals surface area contributed by atoms with Crippen molar-refractivity contribution in [3.8, 4) is 16.9 Å². The summed E-state index contributed by atoms with van der Waals surface area (Å²) in [5.41, 5.74) is 1.58. The second-order valence-corrected chi connectivity index (χ2v) is 8.73. The Morgan fingerprint density at radius 2 is 1.61 bits per heavy atom.